The fourth-order valence-electron chi connectivity index (χ4n) is 2.06. The minimum atomic E-state index is -0.144. The molecule has 1 rings (SSSR count). The number of nitrogens with zero attached hydrogens (tertiary/aromatic N) is 1. The monoisotopic (exact) mass is 269 g/mol. The van der Waals surface area contributed by atoms with E-state index in [4.69, 9.17) is 5.84 Å². The molecule has 0 aliphatic carbocycles. The van der Waals surface area contributed by atoms with Gasteiger partial charge < -0.3 is 0 Å². The molecule has 18 heavy (non-hydrogen) atoms. The van der Waals surface area contributed by atoms with Crippen LogP contribution in [0.3, 0.4) is 0 Å². The first kappa shape index (κ1) is 15.1. The summed E-state index contributed by atoms with van der Waals surface area (Å²) in [4.78, 5) is 15.2. The van der Waals surface area contributed by atoms with Crippen LogP contribution in [0.4, 0.5) is 0 Å². The summed E-state index contributed by atoms with van der Waals surface area (Å²) in [6.45, 7) is 4.22. The molecule has 0 aliphatic rings. The molecule has 0 spiro atoms. The van der Waals surface area contributed by atoms with Crippen LogP contribution in [0.25, 0.3) is 0 Å². The van der Waals surface area contributed by atoms with Crippen molar-refractivity contribution in [2.45, 2.75) is 45.2 Å². The highest BCUT2D eigenvalue weighted by atomic mass is 32.1. The average molecular weight is 269 g/mol. The lowest BCUT2D eigenvalue weighted by atomic mass is 10.1. The number of nitrogens with two attached hydrogens (primary N) is 1. The van der Waals surface area contributed by atoms with Gasteiger partial charge in [0.25, 0.3) is 5.91 Å². The Balaban J connectivity index is 2.63. The fraction of sp³-hybridized carbons (Fsp3) is 0.615. The largest absolute Gasteiger partial charge is 0.293 e. The van der Waals surface area contributed by atoms with Crippen molar-refractivity contribution in [3.8, 4) is 0 Å². The number of hydrogen-bond acceptors (Lipinski definition) is 4. The normalized spacial score (nSPS) is 14.5. The Kier molecular flexibility index (Phi) is 6.32. The summed E-state index contributed by atoms with van der Waals surface area (Å²) in [6.07, 6.45) is 2.76. The zero-order valence-electron chi connectivity index (χ0n) is 11.3. The van der Waals surface area contributed by atoms with Crippen LogP contribution in [0.2, 0.25) is 0 Å². The smallest absolute Gasteiger partial charge is 0.251 e. The molecule has 0 saturated heterocycles. The third-order valence-corrected chi connectivity index (χ3v) is 4.17. The van der Waals surface area contributed by atoms with Crippen molar-refractivity contribution in [2.75, 3.05) is 7.05 Å². The quantitative estimate of drug-likeness (QED) is 0.450. The number of hydrogen-bond donors (Lipinski definition) is 2. The van der Waals surface area contributed by atoms with Crippen LogP contribution < -0.4 is 11.3 Å². The first-order chi connectivity index (χ1) is 8.60. The fourth-order valence-corrected chi connectivity index (χ4v) is 2.89. The van der Waals surface area contributed by atoms with Crippen LogP contribution in [0.1, 0.15) is 31.6 Å². The molecule has 1 amide bonds. The van der Waals surface area contributed by atoms with Gasteiger partial charge in [0, 0.05) is 10.9 Å². The minimum absolute atomic E-state index is 0.0996. The van der Waals surface area contributed by atoms with Gasteiger partial charge in [0.05, 0.1) is 6.04 Å². The Labute approximate surface area is 113 Å². The summed E-state index contributed by atoms with van der Waals surface area (Å²) < 4.78 is 0. The lowest BCUT2D eigenvalue weighted by molar-refractivity contribution is -0.127. The van der Waals surface area contributed by atoms with Crippen LogP contribution in [-0.2, 0) is 11.2 Å². The average Bonchev–Trinajstić information content (AvgIpc) is 2.87. The number of carbonyl (C=O) groups is 1. The van der Waals surface area contributed by atoms with Gasteiger partial charge in [-0.25, -0.2) is 5.84 Å². The van der Waals surface area contributed by atoms with E-state index in [-0.39, 0.29) is 11.9 Å². The number of nitrogens with one attached hydrogen (secondary N) is 1. The molecule has 0 radical (unpaired) electrons. The second-order valence-electron chi connectivity index (χ2n) is 4.61. The molecular weight excluding hydrogens is 246 g/mol. The predicted octanol–water partition coefficient (Wildman–Crippen LogP) is 1.77. The maximum atomic E-state index is 11.8. The molecule has 4 nitrogen and oxygen atoms in total. The minimum Gasteiger partial charge on any atom is -0.293 e. The summed E-state index contributed by atoms with van der Waals surface area (Å²) >= 11 is 1.76. The Morgan fingerprint density at radius 2 is 2.33 bits per heavy atom. The van der Waals surface area contributed by atoms with Gasteiger partial charge in [-0.1, -0.05) is 19.4 Å². The lowest BCUT2D eigenvalue weighted by Gasteiger charge is -2.31. The maximum absolute atomic E-state index is 11.8. The van der Waals surface area contributed by atoms with Crippen LogP contribution in [0.15, 0.2) is 17.5 Å². The van der Waals surface area contributed by atoms with Gasteiger partial charge >= 0.3 is 0 Å². The highest BCUT2D eigenvalue weighted by Crippen LogP contribution is 2.16. The van der Waals surface area contributed by atoms with Gasteiger partial charge in [0.15, 0.2) is 0 Å². The molecule has 1 aromatic heterocycles. The van der Waals surface area contributed by atoms with Crippen LogP contribution in [-0.4, -0.2) is 29.9 Å². The Morgan fingerprint density at radius 3 is 2.83 bits per heavy atom. The van der Waals surface area contributed by atoms with Crippen LogP contribution >= 0.6 is 11.3 Å². The number of carbonyl (C=O) groups excluding carboxylic acids is 1. The van der Waals surface area contributed by atoms with E-state index in [0.29, 0.717) is 6.04 Å². The van der Waals surface area contributed by atoms with E-state index in [9.17, 15) is 4.79 Å². The van der Waals surface area contributed by atoms with Crippen molar-refractivity contribution in [1.82, 2.24) is 10.3 Å². The summed E-state index contributed by atoms with van der Waals surface area (Å²) in [6, 6.07) is 4.36. The molecule has 1 heterocycles. The Morgan fingerprint density at radius 1 is 1.61 bits per heavy atom. The number of hydrazine groups is 1. The number of amides is 1. The highest BCUT2D eigenvalue weighted by Gasteiger charge is 2.25. The Bertz CT molecular complexity index is 353. The predicted molar refractivity (Wildman–Crippen MR) is 76.3 cm³/mol. The summed E-state index contributed by atoms with van der Waals surface area (Å²) in [7, 11) is 1.99. The van der Waals surface area contributed by atoms with Gasteiger partial charge in [0.2, 0.25) is 0 Å². The van der Waals surface area contributed by atoms with E-state index >= 15 is 0 Å². The topological polar surface area (TPSA) is 58.4 Å². The molecule has 1 aromatic rings. The maximum Gasteiger partial charge on any atom is 0.251 e. The highest BCUT2D eigenvalue weighted by molar-refractivity contribution is 7.09. The van der Waals surface area contributed by atoms with E-state index in [1.165, 1.54) is 4.88 Å². The van der Waals surface area contributed by atoms with Gasteiger partial charge in [-0.2, -0.15) is 0 Å². The molecule has 2 unspecified atom stereocenters. The summed E-state index contributed by atoms with van der Waals surface area (Å²) in [5.41, 5.74) is 2.27. The molecule has 5 heteroatoms. The first-order valence-electron chi connectivity index (χ1n) is 6.34. The Hall–Kier alpha value is -0.910. The van der Waals surface area contributed by atoms with Gasteiger partial charge in [-0.15, -0.1) is 11.3 Å². The molecule has 0 fully saturated rings. The molecule has 0 aromatic carbocycles. The number of rotatable bonds is 7. The van der Waals surface area contributed by atoms with Gasteiger partial charge in [0.1, 0.15) is 0 Å². The van der Waals surface area contributed by atoms with E-state index < -0.39 is 0 Å². The van der Waals surface area contributed by atoms with Crippen molar-refractivity contribution in [2.24, 2.45) is 5.84 Å². The molecule has 102 valence electrons. The number of likely N-dealkylation sites (N-methyl/N-ethyl adjacent to an activating group) is 1. The van der Waals surface area contributed by atoms with Crippen molar-refractivity contribution >= 4 is 17.2 Å². The summed E-state index contributed by atoms with van der Waals surface area (Å²) in [5.74, 6) is 5.15. The molecule has 0 bridgehead atoms. The second kappa shape index (κ2) is 7.51. The van der Waals surface area contributed by atoms with Crippen LogP contribution in [0.5, 0.6) is 0 Å². The zero-order valence-corrected chi connectivity index (χ0v) is 12.2. The standard InChI is InChI=1S/C13H23N3OS/c1-4-6-12(13(17)15-14)16(3)10(2)9-11-7-5-8-18-11/h5,7-8,10,12H,4,6,9,14H2,1-3H3,(H,15,17). The van der Waals surface area contributed by atoms with E-state index in [0.717, 1.165) is 19.3 Å². The summed E-state index contributed by atoms with van der Waals surface area (Å²) in [5, 5.41) is 2.08. The molecular formula is C13H23N3OS. The first-order valence-corrected chi connectivity index (χ1v) is 7.22. The van der Waals surface area contributed by atoms with Gasteiger partial charge in [-0.3, -0.25) is 15.1 Å². The molecule has 3 N–H and O–H groups in total. The lowest BCUT2D eigenvalue weighted by Crippen LogP contribution is -2.50. The van der Waals surface area contributed by atoms with Crippen LogP contribution in [0, 0.1) is 0 Å². The van der Waals surface area contributed by atoms with Crippen molar-refractivity contribution in [3.05, 3.63) is 22.4 Å². The van der Waals surface area contributed by atoms with Crippen molar-refractivity contribution < 1.29 is 4.79 Å². The van der Waals surface area contributed by atoms with Crippen molar-refractivity contribution in [1.29, 1.82) is 0 Å². The second-order valence-corrected chi connectivity index (χ2v) is 5.64. The van der Waals surface area contributed by atoms with E-state index in [1.54, 1.807) is 11.3 Å². The van der Waals surface area contributed by atoms with E-state index in [2.05, 4.69) is 41.7 Å². The SMILES string of the molecule is CCCC(C(=O)NN)N(C)C(C)Cc1cccs1. The molecule has 2 atom stereocenters. The molecule has 0 saturated carbocycles. The van der Waals surface area contributed by atoms with Crippen molar-refractivity contribution in [3.63, 3.8) is 0 Å². The number of thiophene rings is 1. The van der Waals surface area contributed by atoms with Gasteiger partial charge in [-0.05, 0) is 38.3 Å². The van der Waals surface area contributed by atoms with E-state index in [1.807, 2.05) is 7.05 Å². The zero-order chi connectivity index (χ0) is 13.5. The third kappa shape index (κ3) is 4.08. The molecule has 0 aliphatic heterocycles. The third-order valence-electron chi connectivity index (χ3n) is 3.27.